The number of aromatic carboxylic acids is 1. The van der Waals surface area contributed by atoms with Crippen LogP contribution in [0.25, 0.3) is 11.1 Å². The molecule has 0 saturated heterocycles. The molecule has 1 amide bonds. The van der Waals surface area contributed by atoms with Crippen LogP contribution in [0.15, 0.2) is 66.9 Å². The lowest BCUT2D eigenvalue weighted by atomic mass is 9.99. The van der Waals surface area contributed by atoms with Crippen LogP contribution in [0.4, 0.5) is 0 Å². The molecule has 1 aliphatic rings. The fraction of sp³-hybridized carbons (Fsp3) is 0.345. The number of carbonyl (C=O) groups excluding carboxylic acids is 1. The van der Waals surface area contributed by atoms with Gasteiger partial charge in [0.05, 0.1) is 18.2 Å². The third kappa shape index (κ3) is 6.15. The first-order chi connectivity index (χ1) is 17.8. The summed E-state index contributed by atoms with van der Waals surface area (Å²) in [6.45, 7) is 5.34. The molecule has 0 fully saturated rings. The molecule has 8 heteroatoms. The number of amides is 1. The second-order valence-electron chi connectivity index (χ2n) is 9.76. The Morgan fingerprint density at radius 3 is 2.51 bits per heavy atom. The van der Waals surface area contributed by atoms with Crippen molar-refractivity contribution in [2.24, 2.45) is 5.92 Å². The predicted octanol–water partition coefficient (Wildman–Crippen LogP) is 3.80. The van der Waals surface area contributed by atoms with Crippen LogP contribution in [0.5, 0.6) is 5.88 Å². The van der Waals surface area contributed by atoms with Gasteiger partial charge in [-0.3, -0.25) is 9.69 Å². The third-order valence-electron chi connectivity index (χ3n) is 6.77. The van der Waals surface area contributed by atoms with Gasteiger partial charge in [0.25, 0.3) is 5.91 Å². The zero-order valence-electron chi connectivity index (χ0n) is 21.4. The number of carboxylic acids is 1. The average molecular weight is 504 g/mol. The van der Waals surface area contributed by atoms with E-state index in [4.69, 9.17) is 9.84 Å². The zero-order valence-corrected chi connectivity index (χ0v) is 21.4. The minimum atomic E-state index is -0.950. The number of aliphatic hydroxyl groups is 1. The summed E-state index contributed by atoms with van der Waals surface area (Å²) in [6.07, 6.45) is 1.46. The number of ether oxygens (including phenoxy) is 1. The van der Waals surface area contributed by atoms with Gasteiger partial charge in [-0.1, -0.05) is 49.4 Å². The van der Waals surface area contributed by atoms with Crippen molar-refractivity contribution in [3.63, 3.8) is 0 Å². The van der Waals surface area contributed by atoms with Gasteiger partial charge in [0.15, 0.2) is 0 Å². The van der Waals surface area contributed by atoms with Crippen LogP contribution < -0.4 is 4.74 Å². The lowest BCUT2D eigenvalue weighted by Gasteiger charge is -2.37. The number of benzene rings is 2. The van der Waals surface area contributed by atoms with E-state index in [9.17, 15) is 14.7 Å². The lowest BCUT2D eigenvalue weighted by molar-refractivity contribution is 0.0325. The molecule has 3 aromatic rings. The molecule has 3 atom stereocenters. The van der Waals surface area contributed by atoms with E-state index in [1.165, 1.54) is 0 Å². The maximum Gasteiger partial charge on any atom is 0.335 e. The van der Waals surface area contributed by atoms with E-state index in [-0.39, 0.29) is 42.0 Å². The Kier molecular flexibility index (Phi) is 8.21. The topological polar surface area (TPSA) is 103 Å². The summed E-state index contributed by atoms with van der Waals surface area (Å²) in [5, 5.41) is 19.0. The lowest BCUT2D eigenvalue weighted by Crippen LogP contribution is -2.49. The maximum absolute atomic E-state index is 13.6. The highest BCUT2D eigenvalue weighted by Gasteiger charge is 2.34. The second-order valence-corrected chi connectivity index (χ2v) is 9.76. The van der Waals surface area contributed by atoms with Crippen molar-refractivity contribution in [3.8, 4) is 17.0 Å². The summed E-state index contributed by atoms with van der Waals surface area (Å²) in [6, 6.07) is 18.0. The Morgan fingerprint density at radius 2 is 1.86 bits per heavy atom. The number of nitrogens with zero attached hydrogens (tertiary/aromatic N) is 3. The van der Waals surface area contributed by atoms with Crippen molar-refractivity contribution in [2.75, 3.05) is 26.7 Å². The van der Waals surface area contributed by atoms with Gasteiger partial charge in [0.1, 0.15) is 11.7 Å². The van der Waals surface area contributed by atoms with Crippen LogP contribution in [0.2, 0.25) is 0 Å². The monoisotopic (exact) mass is 503 g/mol. The molecule has 2 N–H and O–H groups in total. The van der Waals surface area contributed by atoms with Crippen molar-refractivity contribution >= 4 is 11.9 Å². The largest absolute Gasteiger partial charge is 0.478 e. The number of carboxylic acid groups (broad SMARTS) is 1. The van der Waals surface area contributed by atoms with Gasteiger partial charge >= 0.3 is 5.97 Å². The van der Waals surface area contributed by atoms with Gasteiger partial charge < -0.3 is 19.8 Å². The number of rotatable bonds is 8. The summed E-state index contributed by atoms with van der Waals surface area (Å²) in [4.78, 5) is 33.1. The van der Waals surface area contributed by atoms with Gasteiger partial charge in [-0.15, -0.1) is 0 Å². The van der Waals surface area contributed by atoms with Gasteiger partial charge in [-0.05, 0) is 43.3 Å². The van der Waals surface area contributed by atoms with Crippen molar-refractivity contribution in [3.05, 3.63) is 83.6 Å². The first-order valence-corrected chi connectivity index (χ1v) is 12.4. The Morgan fingerprint density at radius 1 is 1.16 bits per heavy atom. The molecule has 37 heavy (non-hydrogen) atoms. The van der Waals surface area contributed by atoms with Gasteiger partial charge in [0.2, 0.25) is 5.88 Å². The summed E-state index contributed by atoms with van der Waals surface area (Å²) in [5.74, 6) is -0.900. The molecule has 2 aromatic carbocycles. The van der Waals surface area contributed by atoms with Crippen LogP contribution in [0, 0.1) is 5.92 Å². The first kappa shape index (κ1) is 26.3. The number of carbonyl (C=O) groups is 2. The first-order valence-electron chi connectivity index (χ1n) is 12.4. The predicted molar refractivity (Wildman–Crippen MR) is 141 cm³/mol. The Labute approximate surface area is 217 Å². The normalized spacial score (nSPS) is 18.5. The molecule has 1 aliphatic heterocycles. The molecular formula is C29H33N3O5. The van der Waals surface area contributed by atoms with E-state index < -0.39 is 5.97 Å². The van der Waals surface area contributed by atoms with Crippen LogP contribution in [0.1, 0.15) is 40.1 Å². The number of aromatic nitrogens is 1. The average Bonchev–Trinajstić information content (AvgIpc) is 2.90. The maximum atomic E-state index is 13.6. The molecule has 194 valence electrons. The highest BCUT2D eigenvalue weighted by Crippen LogP contribution is 2.30. The van der Waals surface area contributed by atoms with Crippen molar-refractivity contribution in [1.29, 1.82) is 0 Å². The number of aliphatic hydroxyl groups excluding tert-OH is 1. The third-order valence-corrected chi connectivity index (χ3v) is 6.77. The van der Waals surface area contributed by atoms with Crippen molar-refractivity contribution in [1.82, 2.24) is 14.8 Å². The fourth-order valence-electron chi connectivity index (χ4n) is 4.54. The molecule has 2 heterocycles. The van der Waals surface area contributed by atoms with E-state index in [1.54, 1.807) is 23.2 Å². The number of fused-ring (bicyclic) bond motifs is 1. The number of likely N-dealkylation sites (N-methyl/N-ethyl adjacent to an activating group) is 1. The van der Waals surface area contributed by atoms with Crippen LogP contribution in [-0.4, -0.2) is 75.8 Å². The van der Waals surface area contributed by atoms with Gasteiger partial charge in [-0.25, -0.2) is 9.78 Å². The Bertz CT molecular complexity index is 1230. The van der Waals surface area contributed by atoms with E-state index in [0.717, 1.165) is 16.7 Å². The molecule has 0 saturated carbocycles. The minimum absolute atomic E-state index is 0.0291. The molecule has 0 aliphatic carbocycles. The fourth-order valence-corrected chi connectivity index (χ4v) is 4.54. The van der Waals surface area contributed by atoms with E-state index in [2.05, 4.69) is 9.88 Å². The smallest absolute Gasteiger partial charge is 0.335 e. The zero-order chi connectivity index (χ0) is 26.5. The Hall–Kier alpha value is -3.75. The van der Waals surface area contributed by atoms with Gasteiger partial charge in [-0.2, -0.15) is 0 Å². The summed E-state index contributed by atoms with van der Waals surface area (Å²) in [5.41, 5.74) is 3.39. The molecule has 1 aromatic heterocycles. The summed E-state index contributed by atoms with van der Waals surface area (Å²) >= 11 is 0. The summed E-state index contributed by atoms with van der Waals surface area (Å²) in [7, 11) is 1.98. The standard InChI is InChI=1S/C29H33N3O5/c1-19-15-32(20(2)18-33)28(34)25-13-24(22-7-5-4-6-8-22)14-30-27(25)37-26(19)17-31(3)16-21-9-11-23(12-10-21)29(35)36/h4-14,19-20,26,33H,15-18H2,1-3H3,(H,35,36)/t19-,20-,26+/m1/s1. The SMILES string of the molecule is C[C@@H]1CN([C@H](C)CO)C(=O)c2cc(-c3ccccc3)cnc2O[C@H]1CN(C)Cc1ccc(C(=O)O)cc1. The van der Waals surface area contributed by atoms with Gasteiger partial charge in [0, 0.05) is 37.3 Å². The van der Waals surface area contributed by atoms with E-state index in [1.807, 2.05) is 69.4 Å². The molecule has 8 nitrogen and oxygen atoms in total. The molecule has 4 rings (SSSR count). The minimum Gasteiger partial charge on any atom is -0.478 e. The highest BCUT2D eigenvalue weighted by molar-refractivity contribution is 5.98. The molecular weight excluding hydrogens is 470 g/mol. The second kappa shape index (κ2) is 11.5. The molecule has 0 bridgehead atoms. The quantitative estimate of drug-likeness (QED) is 0.482. The molecule has 0 unspecified atom stereocenters. The van der Waals surface area contributed by atoms with E-state index >= 15 is 0 Å². The molecule has 0 radical (unpaired) electrons. The highest BCUT2D eigenvalue weighted by atomic mass is 16.5. The van der Waals surface area contributed by atoms with Crippen molar-refractivity contribution < 1.29 is 24.5 Å². The van der Waals surface area contributed by atoms with Crippen molar-refractivity contribution in [2.45, 2.75) is 32.5 Å². The summed E-state index contributed by atoms with van der Waals surface area (Å²) < 4.78 is 6.39. The number of hydrogen-bond acceptors (Lipinski definition) is 6. The van der Waals surface area contributed by atoms with Crippen LogP contribution in [0.3, 0.4) is 0 Å². The number of hydrogen-bond donors (Lipinski definition) is 2. The molecule has 0 spiro atoms. The number of pyridine rings is 1. The van der Waals surface area contributed by atoms with Crippen LogP contribution in [-0.2, 0) is 6.54 Å². The van der Waals surface area contributed by atoms with E-state index in [0.29, 0.717) is 25.2 Å². The van der Waals surface area contributed by atoms with Crippen LogP contribution >= 0.6 is 0 Å². The Balaban J connectivity index is 1.60.